The van der Waals surface area contributed by atoms with Crippen LogP contribution in [0.2, 0.25) is 0 Å². The molecule has 0 aliphatic carbocycles. The Kier molecular flexibility index (Phi) is 9.90. The summed E-state index contributed by atoms with van der Waals surface area (Å²) in [5, 5.41) is 0. The molecule has 30 heavy (non-hydrogen) atoms. The first-order valence-electron chi connectivity index (χ1n) is 11.9. The van der Waals surface area contributed by atoms with Crippen LogP contribution in [0.1, 0.15) is 79.2 Å². The molecule has 1 atom stereocenters. The van der Waals surface area contributed by atoms with Crippen molar-refractivity contribution in [3.05, 3.63) is 41.5 Å². The first-order chi connectivity index (χ1) is 14.2. The van der Waals surface area contributed by atoms with Gasteiger partial charge in [0.05, 0.1) is 6.10 Å². The molecule has 1 aromatic rings. The summed E-state index contributed by atoms with van der Waals surface area (Å²) in [7, 11) is 1.80. The number of nitrogens with zero attached hydrogens (tertiary/aromatic N) is 1. The van der Waals surface area contributed by atoms with Crippen molar-refractivity contribution in [2.24, 2.45) is 5.92 Å². The summed E-state index contributed by atoms with van der Waals surface area (Å²) >= 11 is 0. The van der Waals surface area contributed by atoms with Gasteiger partial charge in [-0.1, -0.05) is 37.6 Å². The van der Waals surface area contributed by atoms with Gasteiger partial charge in [0.2, 0.25) is 0 Å². The molecule has 0 bridgehead atoms. The molecule has 1 unspecified atom stereocenters. The van der Waals surface area contributed by atoms with Crippen LogP contribution in [-0.4, -0.2) is 43.9 Å². The molecule has 3 nitrogen and oxygen atoms in total. The average Bonchev–Trinajstić information content (AvgIpc) is 2.68. The van der Waals surface area contributed by atoms with Gasteiger partial charge in [0, 0.05) is 19.8 Å². The molecule has 1 aliphatic heterocycles. The number of benzene rings is 1. The summed E-state index contributed by atoms with van der Waals surface area (Å²) in [6, 6.07) is 9.24. The van der Waals surface area contributed by atoms with Crippen LogP contribution in [0.15, 0.2) is 35.9 Å². The standard InChI is InChI=1S/C27H45NO2/c1-21(2)19-25(28-16-14-23(15-17-28)9-8-18-29-7)20-27(5,6)24-10-12-26(13-11-24)30-22(3)4/h10-13,19,22-23,25H,8-9,14-18,20H2,1-7H3. The Morgan fingerprint density at radius 1 is 1.13 bits per heavy atom. The van der Waals surface area contributed by atoms with E-state index in [4.69, 9.17) is 9.47 Å². The fourth-order valence-electron chi connectivity index (χ4n) is 4.67. The molecule has 1 aliphatic rings. The zero-order chi connectivity index (χ0) is 22.1. The number of piperidine rings is 1. The van der Waals surface area contributed by atoms with Gasteiger partial charge in [0.1, 0.15) is 5.75 Å². The van der Waals surface area contributed by atoms with Crippen LogP contribution in [0, 0.1) is 5.92 Å². The second-order valence-electron chi connectivity index (χ2n) is 10.2. The minimum atomic E-state index is 0.113. The second-order valence-corrected chi connectivity index (χ2v) is 10.2. The normalized spacial score (nSPS) is 17.2. The van der Waals surface area contributed by atoms with Gasteiger partial charge >= 0.3 is 0 Å². The molecule has 170 valence electrons. The van der Waals surface area contributed by atoms with E-state index in [1.165, 1.54) is 49.9 Å². The maximum Gasteiger partial charge on any atom is 0.119 e. The predicted octanol–water partition coefficient (Wildman–Crippen LogP) is 6.61. The predicted molar refractivity (Wildman–Crippen MR) is 128 cm³/mol. The van der Waals surface area contributed by atoms with E-state index < -0.39 is 0 Å². The Morgan fingerprint density at radius 2 is 1.77 bits per heavy atom. The topological polar surface area (TPSA) is 21.7 Å². The molecule has 2 rings (SSSR count). The molecule has 1 saturated heterocycles. The zero-order valence-corrected chi connectivity index (χ0v) is 20.5. The zero-order valence-electron chi connectivity index (χ0n) is 20.5. The molecule has 1 heterocycles. The average molecular weight is 416 g/mol. The van der Waals surface area contributed by atoms with Crippen LogP contribution in [0.3, 0.4) is 0 Å². The van der Waals surface area contributed by atoms with E-state index in [2.05, 4.69) is 76.8 Å². The molecule has 0 spiro atoms. The molecule has 1 aromatic carbocycles. The Hall–Kier alpha value is -1.32. The molecular weight excluding hydrogens is 370 g/mol. The van der Waals surface area contributed by atoms with Crippen LogP contribution < -0.4 is 4.74 Å². The van der Waals surface area contributed by atoms with Gasteiger partial charge < -0.3 is 9.47 Å². The van der Waals surface area contributed by atoms with Gasteiger partial charge in [-0.3, -0.25) is 4.90 Å². The highest BCUT2D eigenvalue weighted by Gasteiger charge is 2.30. The highest BCUT2D eigenvalue weighted by Crippen LogP contribution is 2.34. The first-order valence-corrected chi connectivity index (χ1v) is 11.9. The van der Waals surface area contributed by atoms with Crippen LogP contribution in [0.25, 0.3) is 0 Å². The third-order valence-electron chi connectivity index (χ3n) is 6.33. The number of methoxy groups -OCH3 is 1. The van der Waals surface area contributed by atoms with Gasteiger partial charge in [-0.05, 0) is 102 Å². The largest absolute Gasteiger partial charge is 0.491 e. The molecular formula is C27H45NO2. The highest BCUT2D eigenvalue weighted by atomic mass is 16.5. The van der Waals surface area contributed by atoms with Gasteiger partial charge in [0.15, 0.2) is 0 Å². The SMILES string of the molecule is COCCCC1CCN(C(C=C(C)C)CC(C)(C)c2ccc(OC(C)C)cc2)CC1. The minimum Gasteiger partial charge on any atom is -0.491 e. The van der Waals surface area contributed by atoms with Gasteiger partial charge in [-0.2, -0.15) is 0 Å². The first kappa shape index (κ1) is 24.9. The smallest absolute Gasteiger partial charge is 0.119 e. The van der Waals surface area contributed by atoms with E-state index in [9.17, 15) is 0 Å². The van der Waals surface area contributed by atoms with E-state index in [1.54, 1.807) is 7.11 Å². The summed E-state index contributed by atoms with van der Waals surface area (Å²) in [5.41, 5.74) is 2.92. The number of ether oxygens (including phenoxy) is 2. The summed E-state index contributed by atoms with van der Waals surface area (Å²) < 4.78 is 11.1. The van der Waals surface area contributed by atoms with Crippen molar-refractivity contribution in [2.45, 2.75) is 91.2 Å². The van der Waals surface area contributed by atoms with Crippen LogP contribution in [-0.2, 0) is 10.2 Å². The van der Waals surface area contributed by atoms with Crippen molar-refractivity contribution in [1.29, 1.82) is 0 Å². The van der Waals surface area contributed by atoms with E-state index in [0.717, 1.165) is 24.7 Å². The molecule has 0 N–H and O–H groups in total. The number of allylic oxidation sites excluding steroid dienone is 1. The quantitative estimate of drug-likeness (QED) is 0.300. The van der Waals surface area contributed by atoms with E-state index in [1.807, 2.05) is 0 Å². The maximum atomic E-state index is 5.83. The summed E-state index contributed by atoms with van der Waals surface area (Å²) in [5.74, 6) is 1.83. The van der Waals surface area contributed by atoms with Crippen molar-refractivity contribution < 1.29 is 9.47 Å². The molecule has 0 radical (unpaired) electrons. The lowest BCUT2D eigenvalue weighted by molar-refractivity contribution is 0.124. The van der Waals surface area contributed by atoms with E-state index in [0.29, 0.717) is 6.04 Å². The summed E-state index contributed by atoms with van der Waals surface area (Å²) in [6.07, 6.45) is 8.98. The lowest BCUT2D eigenvalue weighted by Gasteiger charge is -2.40. The third-order valence-corrected chi connectivity index (χ3v) is 6.33. The van der Waals surface area contributed by atoms with Gasteiger partial charge in [-0.25, -0.2) is 0 Å². The van der Waals surface area contributed by atoms with E-state index in [-0.39, 0.29) is 11.5 Å². The number of hydrogen-bond acceptors (Lipinski definition) is 3. The van der Waals surface area contributed by atoms with Crippen molar-refractivity contribution in [3.63, 3.8) is 0 Å². The highest BCUT2D eigenvalue weighted by molar-refractivity contribution is 5.32. The maximum absolute atomic E-state index is 5.83. The third kappa shape index (κ3) is 8.07. The molecule has 3 heteroatoms. The second kappa shape index (κ2) is 11.9. The molecule has 0 saturated carbocycles. The van der Waals surface area contributed by atoms with E-state index >= 15 is 0 Å². The number of rotatable bonds is 11. The minimum absolute atomic E-state index is 0.113. The Balaban J connectivity index is 2.02. The fraction of sp³-hybridized carbons (Fsp3) is 0.704. The lowest BCUT2D eigenvalue weighted by Crippen LogP contribution is -2.43. The Morgan fingerprint density at radius 3 is 2.30 bits per heavy atom. The lowest BCUT2D eigenvalue weighted by atomic mass is 9.78. The summed E-state index contributed by atoms with van der Waals surface area (Å²) in [4.78, 5) is 2.72. The van der Waals surface area contributed by atoms with Crippen molar-refractivity contribution in [3.8, 4) is 5.75 Å². The van der Waals surface area contributed by atoms with Gasteiger partial charge in [-0.15, -0.1) is 0 Å². The number of likely N-dealkylation sites (tertiary alicyclic amines) is 1. The van der Waals surface area contributed by atoms with Crippen LogP contribution in [0.4, 0.5) is 0 Å². The number of hydrogen-bond donors (Lipinski definition) is 0. The Bertz CT molecular complexity index is 635. The van der Waals surface area contributed by atoms with Crippen LogP contribution >= 0.6 is 0 Å². The molecule has 0 amide bonds. The van der Waals surface area contributed by atoms with Crippen molar-refractivity contribution >= 4 is 0 Å². The van der Waals surface area contributed by atoms with Crippen molar-refractivity contribution in [2.75, 3.05) is 26.8 Å². The molecule has 1 fully saturated rings. The van der Waals surface area contributed by atoms with Crippen molar-refractivity contribution in [1.82, 2.24) is 4.90 Å². The summed E-state index contributed by atoms with van der Waals surface area (Å²) in [6.45, 7) is 16.7. The van der Waals surface area contributed by atoms with Crippen LogP contribution in [0.5, 0.6) is 5.75 Å². The Labute approximate surface area is 185 Å². The molecule has 0 aromatic heterocycles. The monoisotopic (exact) mass is 415 g/mol. The van der Waals surface area contributed by atoms with Gasteiger partial charge in [0.25, 0.3) is 0 Å². The fourth-order valence-corrected chi connectivity index (χ4v) is 4.67.